The Morgan fingerprint density at radius 1 is 1.47 bits per heavy atom. The van der Waals surface area contributed by atoms with Gasteiger partial charge < -0.3 is 10.0 Å². The van der Waals surface area contributed by atoms with Gasteiger partial charge in [-0.15, -0.1) is 0 Å². The van der Waals surface area contributed by atoms with Crippen molar-refractivity contribution >= 4 is 5.97 Å². The van der Waals surface area contributed by atoms with Gasteiger partial charge in [-0.05, 0) is 46.8 Å². The Bertz CT molecular complexity index is 243. The fourth-order valence-electron chi connectivity index (χ4n) is 1.14. The van der Waals surface area contributed by atoms with Gasteiger partial charge in [0.05, 0.1) is 11.5 Å². The van der Waals surface area contributed by atoms with E-state index in [0.29, 0.717) is 6.42 Å². The molecule has 0 saturated heterocycles. The van der Waals surface area contributed by atoms with E-state index in [1.807, 2.05) is 20.9 Å². The van der Waals surface area contributed by atoms with Gasteiger partial charge in [0.2, 0.25) is 0 Å². The minimum Gasteiger partial charge on any atom is -0.481 e. The molecule has 1 N–H and O–H groups in total. The lowest BCUT2D eigenvalue weighted by Crippen LogP contribution is -2.25. The number of nitrogens with zero attached hydrogens (tertiary/aromatic N) is 2. The first-order chi connectivity index (χ1) is 6.87. The number of hydrogen-bond donors (Lipinski definition) is 1. The Hall–Kier alpha value is -1.08. The summed E-state index contributed by atoms with van der Waals surface area (Å²) in [6, 6.07) is 2.25. The van der Waals surface area contributed by atoms with Crippen LogP contribution in [-0.2, 0) is 4.79 Å². The Labute approximate surface area is 91.5 Å². The average molecular weight is 212 g/mol. The summed E-state index contributed by atoms with van der Waals surface area (Å²) in [5, 5.41) is 17.3. The van der Waals surface area contributed by atoms with Crippen LogP contribution in [0.1, 0.15) is 33.1 Å². The SMILES string of the molecule is CN(CCCC(=O)O)CCC(C)(C)C#N. The molecule has 0 aliphatic carbocycles. The molecule has 0 fully saturated rings. The predicted octanol–water partition coefficient (Wildman–Crippen LogP) is 1.72. The molecule has 0 aromatic heterocycles. The maximum atomic E-state index is 10.3. The van der Waals surface area contributed by atoms with Crippen LogP contribution in [0.4, 0.5) is 0 Å². The molecule has 0 spiro atoms. The van der Waals surface area contributed by atoms with E-state index in [2.05, 4.69) is 11.0 Å². The van der Waals surface area contributed by atoms with E-state index in [-0.39, 0.29) is 11.8 Å². The van der Waals surface area contributed by atoms with Crippen LogP contribution in [0.2, 0.25) is 0 Å². The summed E-state index contributed by atoms with van der Waals surface area (Å²) in [7, 11) is 1.95. The van der Waals surface area contributed by atoms with Crippen molar-refractivity contribution in [3.8, 4) is 6.07 Å². The minimum absolute atomic E-state index is 0.214. The quantitative estimate of drug-likeness (QED) is 0.698. The summed E-state index contributed by atoms with van der Waals surface area (Å²) in [5.41, 5.74) is -0.291. The normalized spacial score (nSPS) is 11.4. The fourth-order valence-corrected chi connectivity index (χ4v) is 1.14. The van der Waals surface area contributed by atoms with Crippen molar-refractivity contribution in [2.45, 2.75) is 33.1 Å². The zero-order valence-electron chi connectivity index (χ0n) is 9.79. The molecule has 0 aliphatic heterocycles. The van der Waals surface area contributed by atoms with E-state index in [1.54, 1.807) is 0 Å². The summed E-state index contributed by atoms with van der Waals surface area (Å²) >= 11 is 0. The van der Waals surface area contributed by atoms with Crippen LogP contribution in [0, 0.1) is 16.7 Å². The number of hydrogen-bond acceptors (Lipinski definition) is 3. The molecule has 0 aliphatic rings. The standard InChI is InChI=1S/C11H20N2O2/c1-11(2,9-12)6-8-13(3)7-4-5-10(14)15/h4-8H2,1-3H3,(H,14,15). The summed E-state index contributed by atoms with van der Waals surface area (Å²) in [6.07, 6.45) is 1.69. The van der Waals surface area contributed by atoms with E-state index in [4.69, 9.17) is 10.4 Å². The lowest BCUT2D eigenvalue weighted by atomic mass is 9.91. The maximum Gasteiger partial charge on any atom is 0.303 e. The van der Waals surface area contributed by atoms with Crippen molar-refractivity contribution in [3.63, 3.8) is 0 Å². The average Bonchev–Trinajstić information content (AvgIpc) is 2.14. The molecule has 15 heavy (non-hydrogen) atoms. The molecular weight excluding hydrogens is 192 g/mol. The van der Waals surface area contributed by atoms with Gasteiger partial charge >= 0.3 is 5.97 Å². The molecule has 0 rings (SSSR count). The highest BCUT2D eigenvalue weighted by atomic mass is 16.4. The Morgan fingerprint density at radius 3 is 2.53 bits per heavy atom. The largest absolute Gasteiger partial charge is 0.481 e. The van der Waals surface area contributed by atoms with Crippen LogP contribution >= 0.6 is 0 Å². The van der Waals surface area contributed by atoms with Crippen LogP contribution in [0.5, 0.6) is 0 Å². The van der Waals surface area contributed by atoms with E-state index in [9.17, 15) is 4.79 Å². The van der Waals surface area contributed by atoms with E-state index >= 15 is 0 Å². The highest BCUT2D eigenvalue weighted by Crippen LogP contribution is 2.18. The molecule has 0 aromatic rings. The van der Waals surface area contributed by atoms with Crippen molar-refractivity contribution in [1.29, 1.82) is 5.26 Å². The second kappa shape index (κ2) is 6.41. The molecular formula is C11H20N2O2. The first-order valence-corrected chi connectivity index (χ1v) is 5.19. The summed E-state index contributed by atoms with van der Waals surface area (Å²) in [4.78, 5) is 12.4. The van der Waals surface area contributed by atoms with Gasteiger partial charge in [0, 0.05) is 6.42 Å². The smallest absolute Gasteiger partial charge is 0.303 e. The van der Waals surface area contributed by atoms with Crippen molar-refractivity contribution in [2.24, 2.45) is 5.41 Å². The molecule has 0 radical (unpaired) electrons. The summed E-state index contributed by atoms with van der Waals surface area (Å²) in [5.74, 6) is -0.749. The second-order valence-electron chi connectivity index (χ2n) is 4.55. The lowest BCUT2D eigenvalue weighted by Gasteiger charge is -2.21. The van der Waals surface area contributed by atoms with E-state index in [1.165, 1.54) is 0 Å². The zero-order chi connectivity index (χ0) is 11.9. The van der Waals surface area contributed by atoms with Gasteiger partial charge in [-0.2, -0.15) is 5.26 Å². The van der Waals surface area contributed by atoms with Crippen LogP contribution in [0.3, 0.4) is 0 Å². The molecule has 0 bridgehead atoms. The molecule has 0 heterocycles. The predicted molar refractivity (Wildman–Crippen MR) is 58.4 cm³/mol. The van der Waals surface area contributed by atoms with Gasteiger partial charge in [0.15, 0.2) is 0 Å². The van der Waals surface area contributed by atoms with Crippen LogP contribution < -0.4 is 0 Å². The molecule has 0 amide bonds. The van der Waals surface area contributed by atoms with Gasteiger partial charge in [-0.1, -0.05) is 0 Å². The Morgan fingerprint density at radius 2 is 2.07 bits per heavy atom. The maximum absolute atomic E-state index is 10.3. The first-order valence-electron chi connectivity index (χ1n) is 5.19. The molecule has 4 heteroatoms. The fraction of sp³-hybridized carbons (Fsp3) is 0.818. The van der Waals surface area contributed by atoms with Gasteiger partial charge in [-0.25, -0.2) is 0 Å². The van der Waals surface area contributed by atoms with E-state index < -0.39 is 5.97 Å². The minimum atomic E-state index is -0.749. The third-order valence-corrected chi connectivity index (χ3v) is 2.35. The summed E-state index contributed by atoms with van der Waals surface area (Å²) < 4.78 is 0. The monoisotopic (exact) mass is 212 g/mol. The van der Waals surface area contributed by atoms with Crippen molar-refractivity contribution in [3.05, 3.63) is 0 Å². The highest BCUT2D eigenvalue weighted by Gasteiger charge is 2.16. The number of carboxylic acids is 1. The van der Waals surface area contributed by atoms with Crippen molar-refractivity contribution < 1.29 is 9.90 Å². The molecule has 0 saturated carbocycles. The van der Waals surface area contributed by atoms with Gasteiger partial charge in [0.25, 0.3) is 0 Å². The Kier molecular flexibility index (Phi) is 5.95. The van der Waals surface area contributed by atoms with E-state index in [0.717, 1.165) is 19.5 Å². The molecule has 4 nitrogen and oxygen atoms in total. The number of carbonyl (C=O) groups is 1. The molecule has 0 aromatic carbocycles. The van der Waals surface area contributed by atoms with Crippen LogP contribution in [0.15, 0.2) is 0 Å². The van der Waals surface area contributed by atoms with Crippen molar-refractivity contribution in [1.82, 2.24) is 4.90 Å². The first kappa shape index (κ1) is 13.9. The third kappa shape index (κ3) is 7.95. The molecule has 86 valence electrons. The number of carboxylic acid groups (broad SMARTS) is 1. The molecule has 0 atom stereocenters. The topological polar surface area (TPSA) is 64.3 Å². The third-order valence-electron chi connectivity index (χ3n) is 2.35. The zero-order valence-corrected chi connectivity index (χ0v) is 9.79. The van der Waals surface area contributed by atoms with Crippen LogP contribution in [-0.4, -0.2) is 36.1 Å². The molecule has 0 unspecified atom stereocenters. The van der Waals surface area contributed by atoms with Crippen LogP contribution in [0.25, 0.3) is 0 Å². The van der Waals surface area contributed by atoms with Crippen molar-refractivity contribution in [2.75, 3.05) is 20.1 Å². The lowest BCUT2D eigenvalue weighted by molar-refractivity contribution is -0.137. The van der Waals surface area contributed by atoms with Gasteiger partial charge in [0.1, 0.15) is 0 Å². The highest BCUT2D eigenvalue weighted by molar-refractivity contribution is 5.66. The Balaban J connectivity index is 3.63. The second-order valence-corrected chi connectivity index (χ2v) is 4.55. The number of nitriles is 1. The van der Waals surface area contributed by atoms with Gasteiger partial charge in [-0.3, -0.25) is 4.79 Å². The summed E-state index contributed by atoms with van der Waals surface area (Å²) in [6.45, 7) is 5.43. The number of rotatable bonds is 7. The number of aliphatic carboxylic acids is 1.